The Morgan fingerprint density at radius 3 is 2.53 bits per heavy atom. The fourth-order valence-electron chi connectivity index (χ4n) is 3.61. The molecular weight excluding hydrogens is 372 g/mol. The van der Waals surface area contributed by atoms with Gasteiger partial charge in [-0.15, -0.1) is 0 Å². The van der Waals surface area contributed by atoms with E-state index in [0.717, 1.165) is 41.3 Å². The van der Waals surface area contributed by atoms with Crippen LogP contribution in [0, 0.1) is 20.8 Å². The Hall–Kier alpha value is -3.27. The molecule has 4 rings (SSSR count). The highest BCUT2D eigenvalue weighted by molar-refractivity contribution is 5.75. The second kappa shape index (κ2) is 9.04. The minimum atomic E-state index is 0.440. The standard InChI is InChI=1S/C26H28N2O2/c1-19-8-6-9-22(16-19)30-18-26-27-23-10-4-5-11-24(23)28(26)14-7-15-29-25-17-20(2)12-13-21(25)3/h4-6,8-13,16-17H,7,14-15,18H2,1-3H3. The smallest absolute Gasteiger partial charge is 0.147 e. The van der Waals surface area contributed by atoms with Gasteiger partial charge in [0.15, 0.2) is 0 Å². The Morgan fingerprint density at radius 1 is 0.833 bits per heavy atom. The molecule has 4 aromatic rings. The van der Waals surface area contributed by atoms with Gasteiger partial charge in [-0.25, -0.2) is 4.98 Å². The number of aromatic nitrogens is 2. The van der Waals surface area contributed by atoms with E-state index in [1.54, 1.807) is 0 Å². The van der Waals surface area contributed by atoms with Crippen LogP contribution in [-0.2, 0) is 13.2 Å². The first kappa shape index (κ1) is 20.0. The highest BCUT2D eigenvalue weighted by atomic mass is 16.5. The maximum atomic E-state index is 6.05. The molecule has 0 amide bonds. The van der Waals surface area contributed by atoms with Crippen LogP contribution in [0.15, 0.2) is 66.7 Å². The molecule has 0 bridgehead atoms. The topological polar surface area (TPSA) is 36.3 Å². The highest BCUT2D eigenvalue weighted by Crippen LogP contribution is 2.21. The molecule has 0 aliphatic carbocycles. The van der Waals surface area contributed by atoms with Crippen molar-refractivity contribution in [2.45, 2.75) is 40.3 Å². The van der Waals surface area contributed by atoms with Gasteiger partial charge in [0.05, 0.1) is 17.6 Å². The molecule has 0 saturated carbocycles. The van der Waals surface area contributed by atoms with Gasteiger partial charge in [-0.2, -0.15) is 0 Å². The molecule has 1 heterocycles. The zero-order valence-corrected chi connectivity index (χ0v) is 17.9. The van der Waals surface area contributed by atoms with Crippen molar-refractivity contribution < 1.29 is 9.47 Å². The number of rotatable bonds is 8. The summed E-state index contributed by atoms with van der Waals surface area (Å²) >= 11 is 0. The van der Waals surface area contributed by atoms with Crippen molar-refractivity contribution in [1.82, 2.24) is 9.55 Å². The van der Waals surface area contributed by atoms with E-state index < -0.39 is 0 Å². The molecule has 0 saturated heterocycles. The third kappa shape index (κ3) is 4.65. The molecule has 3 aromatic carbocycles. The van der Waals surface area contributed by atoms with Crippen LogP contribution in [0.3, 0.4) is 0 Å². The van der Waals surface area contributed by atoms with E-state index in [2.05, 4.69) is 67.8 Å². The van der Waals surface area contributed by atoms with E-state index in [-0.39, 0.29) is 0 Å². The fraction of sp³-hybridized carbons (Fsp3) is 0.269. The SMILES string of the molecule is Cc1cccc(OCc2nc3ccccc3n2CCCOc2cc(C)ccc2C)c1. The fourth-order valence-corrected chi connectivity index (χ4v) is 3.61. The molecule has 0 radical (unpaired) electrons. The van der Waals surface area contributed by atoms with Gasteiger partial charge in [0.1, 0.15) is 23.9 Å². The molecule has 1 aromatic heterocycles. The second-order valence-electron chi connectivity index (χ2n) is 7.74. The third-order valence-electron chi connectivity index (χ3n) is 5.22. The van der Waals surface area contributed by atoms with E-state index in [1.165, 1.54) is 16.7 Å². The number of hydrogen-bond acceptors (Lipinski definition) is 3. The Morgan fingerprint density at radius 2 is 1.67 bits per heavy atom. The van der Waals surface area contributed by atoms with Crippen LogP contribution in [0.2, 0.25) is 0 Å². The van der Waals surface area contributed by atoms with Gasteiger partial charge in [-0.1, -0.05) is 36.4 Å². The lowest BCUT2D eigenvalue weighted by atomic mass is 10.1. The molecule has 4 heteroatoms. The van der Waals surface area contributed by atoms with Crippen molar-refractivity contribution in [2.75, 3.05) is 6.61 Å². The van der Waals surface area contributed by atoms with E-state index in [9.17, 15) is 0 Å². The van der Waals surface area contributed by atoms with E-state index in [1.807, 2.05) is 24.3 Å². The highest BCUT2D eigenvalue weighted by Gasteiger charge is 2.11. The van der Waals surface area contributed by atoms with Crippen molar-refractivity contribution in [1.29, 1.82) is 0 Å². The van der Waals surface area contributed by atoms with E-state index >= 15 is 0 Å². The average Bonchev–Trinajstić information content (AvgIpc) is 3.09. The molecule has 0 spiro atoms. The number of benzene rings is 3. The lowest BCUT2D eigenvalue weighted by Crippen LogP contribution is -2.10. The van der Waals surface area contributed by atoms with Crippen molar-refractivity contribution in [3.8, 4) is 11.5 Å². The summed E-state index contributed by atoms with van der Waals surface area (Å²) in [5.74, 6) is 2.77. The molecule has 4 nitrogen and oxygen atoms in total. The first-order chi connectivity index (χ1) is 14.6. The zero-order valence-electron chi connectivity index (χ0n) is 17.9. The summed E-state index contributed by atoms with van der Waals surface area (Å²) in [6.45, 7) is 8.17. The van der Waals surface area contributed by atoms with Crippen LogP contribution in [-0.4, -0.2) is 16.2 Å². The molecule has 0 atom stereocenters. The van der Waals surface area contributed by atoms with E-state index in [0.29, 0.717) is 13.2 Å². The number of nitrogens with zero attached hydrogens (tertiary/aromatic N) is 2. The monoisotopic (exact) mass is 400 g/mol. The minimum absolute atomic E-state index is 0.440. The molecule has 0 fully saturated rings. The van der Waals surface area contributed by atoms with Crippen molar-refractivity contribution in [2.24, 2.45) is 0 Å². The average molecular weight is 401 g/mol. The maximum Gasteiger partial charge on any atom is 0.147 e. The summed E-state index contributed by atoms with van der Waals surface area (Å²) in [5.41, 5.74) is 5.69. The molecule has 154 valence electrons. The third-order valence-corrected chi connectivity index (χ3v) is 5.22. The van der Waals surface area contributed by atoms with Crippen LogP contribution < -0.4 is 9.47 Å². The lowest BCUT2D eigenvalue weighted by Gasteiger charge is -2.13. The zero-order chi connectivity index (χ0) is 20.9. The summed E-state index contributed by atoms with van der Waals surface area (Å²) in [6.07, 6.45) is 0.894. The molecule has 0 aliphatic rings. The largest absolute Gasteiger partial charge is 0.493 e. The predicted octanol–water partition coefficient (Wildman–Crippen LogP) is 6.01. The summed E-state index contributed by atoms with van der Waals surface area (Å²) < 4.78 is 14.3. The predicted molar refractivity (Wildman–Crippen MR) is 121 cm³/mol. The lowest BCUT2D eigenvalue weighted by molar-refractivity contribution is 0.279. The molecule has 0 aliphatic heterocycles. The van der Waals surface area contributed by atoms with Crippen molar-refractivity contribution in [3.63, 3.8) is 0 Å². The number of fused-ring (bicyclic) bond motifs is 1. The van der Waals surface area contributed by atoms with Crippen LogP contribution in [0.5, 0.6) is 11.5 Å². The first-order valence-corrected chi connectivity index (χ1v) is 10.4. The Labute approximate surface area is 178 Å². The minimum Gasteiger partial charge on any atom is -0.493 e. The second-order valence-corrected chi connectivity index (χ2v) is 7.74. The summed E-state index contributed by atoms with van der Waals surface area (Å²) in [6, 6.07) is 22.7. The van der Waals surface area contributed by atoms with Crippen LogP contribution in [0.25, 0.3) is 11.0 Å². The van der Waals surface area contributed by atoms with Crippen molar-refractivity contribution in [3.05, 3.63) is 89.2 Å². The number of hydrogen-bond donors (Lipinski definition) is 0. The molecule has 0 unspecified atom stereocenters. The molecular formula is C26H28N2O2. The number of imidazole rings is 1. The summed E-state index contributed by atoms with van der Waals surface area (Å²) in [7, 11) is 0. The van der Waals surface area contributed by atoms with Gasteiger partial charge in [-0.05, 0) is 74.2 Å². The van der Waals surface area contributed by atoms with Gasteiger partial charge < -0.3 is 14.0 Å². The number of para-hydroxylation sites is 2. The normalized spacial score (nSPS) is 11.0. The Kier molecular flexibility index (Phi) is 6.03. The van der Waals surface area contributed by atoms with Gasteiger partial charge in [0.25, 0.3) is 0 Å². The molecule has 0 N–H and O–H groups in total. The quantitative estimate of drug-likeness (QED) is 0.340. The summed E-state index contributed by atoms with van der Waals surface area (Å²) in [4.78, 5) is 4.81. The van der Waals surface area contributed by atoms with Crippen molar-refractivity contribution >= 4 is 11.0 Å². The van der Waals surface area contributed by atoms with Crippen LogP contribution in [0.4, 0.5) is 0 Å². The summed E-state index contributed by atoms with van der Waals surface area (Å²) in [5, 5.41) is 0. The van der Waals surface area contributed by atoms with Gasteiger partial charge in [0.2, 0.25) is 0 Å². The van der Waals surface area contributed by atoms with E-state index in [4.69, 9.17) is 14.5 Å². The van der Waals surface area contributed by atoms with Gasteiger partial charge >= 0.3 is 0 Å². The Bertz CT molecular complexity index is 1150. The number of aryl methyl sites for hydroxylation is 4. The van der Waals surface area contributed by atoms with Gasteiger partial charge in [0, 0.05) is 6.54 Å². The number of ether oxygens (including phenoxy) is 2. The first-order valence-electron chi connectivity index (χ1n) is 10.4. The maximum absolute atomic E-state index is 6.05. The molecule has 30 heavy (non-hydrogen) atoms. The Balaban J connectivity index is 1.45. The van der Waals surface area contributed by atoms with Crippen LogP contribution in [0.1, 0.15) is 28.9 Å². The van der Waals surface area contributed by atoms with Gasteiger partial charge in [-0.3, -0.25) is 0 Å². The van der Waals surface area contributed by atoms with Crippen LogP contribution >= 0.6 is 0 Å².